The van der Waals surface area contributed by atoms with Crippen LogP contribution in [0.2, 0.25) is 5.02 Å². The summed E-state index contributed by atoms with van der Waals surface area (Å²) in [6.45, 7) is 0.826. The fraction of sp³-hybridized carbons (Fsp3) is 0.0526. The van der Waals surface area contributed by atoms with Crippen molar-refractivity contribution in [3.05, 3.63) is 94.6 Å². The van der Waals surface area contributed by atoms with Crippen LogP contribution in [-0.4, -0.2) is 5.71 Å². The second-order valence-corrected chi connectivity index (χ2v) is 5.75. The molecule has 0 atom stereocenters. The van der Waals surface area contributed by atoms with Crippen LogP contribution >= 0.6 is 11.6 Å². The first-order valence-corrected chi connectivity index (χ1v) is 7.60. The van der Waals surface area contributed by atoms with Crippen molar-refractivity contribution in [2.45, 2.75) is 6.54 Å². The van der Waals surface area contributed by atoms with Crippen molar-refractivity contribution in [2.24, 2.45) is 4.99 Å². The van der Waals surface area contributed by atoms with E-state index in [4.69, 9.17) is 16.6 Å². The van der Waals surface area contributed by atoms with E-state index in [-0.39, 0.29) is 0 Å². The van der Waals surface area contributed by atoms with Crippen LogP contribution in [0, 0.1) is 0 Å². The minimum Gasteiger partial charge on any atom is -0.227 e. The van der Waals surface area contributed by atoms with Gasteiger partial charge in [-0.3, -0.25) is 0 Å². The number of nitrogens with zero attached hydrogens (tertiary/aromatic N) is 2. The molecular formula is C19H14ClN2+. The molecule has 0 unspecified atom stereocenters. The van der Waals surface area contributed by atoms with E-state index in [0.29, 0.717) is 0 Å². The molecule has 0 fully saturated rings. The van der Waals surface area contributed by atoms with Gasteiger partial charge in [-0.25, -0.2) is 4.57 Å². The van der Waals surface area contributed by atoms with Gasteiger partial charge >= 0.3 is 5.82 Å². The normalized spacial score (nSPS) is 12.9. The van der Waals surface area contributed by atoms with Gasteiger partial charge in [0.1, 0.15) is 6.54 Å². The van der Waals surface area contributed by atoms with Gasteiger partial charge in [0.15, 0.2) is 5.71 Å². The third kappa shape index (κ3) is 2.32. The number of rotatable bonds is 1. The van der Waals surface area contributed by atoms with E-state index < -0.39 is 0 Å². The smallest absolute Gasteiger partial charge is 0.227 e. The maximum absolute atomic E-state index is 6.02. The van der Waals surface area contributed by atoms with Crippen LogP contribution in [0.5, 0.6) is 0 Å². The Kier molecular flexibility index (Phi) is 3.24. The molecule has 22 heavy (non-hydrogen) atoms. The van der Waals surface area contributed by atoms with Crippen LogP contribution < -0.4 is 4.57 Å². The summed E-state index contributed by atoms with van der Waals surface area (Å²) in [5.74, 6) is 0.962. The van der Waals surface area contributed by atoms with Gasteiger partial charge < -0.3 is 0 Å². The number of pyridine rings is 1. The fourth-order valence-corrected chi connectivity index (χ4v) is 2.90. The number of fused-ring (bicyclic) bond motifs is 2. The average Bonchev–Trinajstić information content (AvgIpc) is 2.72. The molecule has 106 valence electrons. The standard InChI is InChI=1S/C19H14ClN2/c20-16-10-8-14(9-11-16)19-17-6-2-1-5-15(17)13-22-12-4-3-7-18(22)21-19/h1-12H,13H2/q+1. The molecule has 4 rings (SSSR count). The molecule has 3 aromatic rings. The topological polar surface area (TPSA) is 16.2 Å². The third-order valence-corrected chi connectivity index (χ3v) is 4.13. The van der Waals surface area contributed by atoms with Crippen molar-refractivity contribution in [3.8, 4) is 0 Å². The highest BCUT2D eigenvalue weighted by Crippen LogP contribution is 2.23. The van der Waals surface area contributed by atoms with Gasteiger partial charge in [0.25, 0.3) is 0 Å². The average molecular weight is 306 g/mol. The predicted molar refractivity (Wildman–Crippen MR) is 88.9 cm³/mol. The van der Waals surface area contributed by atoms with E-state index in [1.54, 1.807) is 0 Å². The second kappa shape index (κ2) is 5.39. The Hall–Kier alpha value is -2.45. The van der Waals surface area contributed by atoms with Crippen LogP contribution in [0.1, 0.15) is 16.7 Å². The highest BCUT2D eigenvalue weighted by Gasteiger charge is 2.23. The zero-order chi connectivity index (χ0) is 14.9. The lowest BCUT2D eigenvalue weighted by Gasteiger charge is -2.05. The summed E-state index contributed by atoms with van der Waals surface area (Å²) >= 11 is 6.02. The zero-order valence-corrected chi connectivity index (χ0v) is 12.7. The largest absolute Gasteiger partial charge is 0.323 e. The highest BCUT2D eigenvalue weighted by molar-refractivity contribution is 6.30. The van der Waals surface area contributed by atoms with E-state index in [2.05, 4.69) is 35.0 Å². The molecule has 0 aliphatic carbocycles. The van der Waals surface area contributed by atoms with Gasteiger partial charge in [-0.05, 0) is 35.3 Å². The number of aromatic nitrogens is 1. The summed E-state index contributed by atoms with van der Waals surface area (Å²) < 4.78 is 2.17. The van der Waals surface area contributed by atoms with Gasteiger partial charge in [-0.1, -0.05) is 41.9 Å². The second-order valence-electron chi connectivity index (χ2n) is 5.31. The van der Waals surface area contributed by atoms with Crippen molar-refractivity contribution in [2.75, 3.05) is 0 Å². The summed E-state index contributed by atoms with van der Waals surface area (Å²) in [5.41, 5.74) is 4.51. The highest BCUT2D eigenvalue weighted by atomic mass is 35.5. The molecule has 2 heterocycles. The first kappa shape index (κ1) is 13.2. The molecule has 3 heteroatoms. The van der Waals surface area contributed by atoms with E-state index in [1.165, 1.54) is 11.1 Å². The van der Waals surface area contributed by atoms with Gasteiger partial charge in [0, 0.05) is 27.8 Å². The molecule has 1 aliphatic heterocycles. The summed E-state index contributed by atoms with van der Waals surface area (Å²) in [6, 6.07) is 22.4. The summed E-state index contributed by atoms with van der Waals surface area (Å²) in [5, 5.41) is 0.737. The van der Waals surface area contributed by atoms with Gasteiger partial charge in [-0.2, -0.15) is 0 Å². The quantitative estimate of drug-likeness (QED) is 0.470. The van der Waals surface area contributed by atoms with Crippen molar-refractivity contribution in [1.29, 1.82) is 0 Å². The Bertz CT molecular complexity index is 867. The van der Waals surface area contributed by atoms with Crippen LogP contribution in [0.4, 0.5) is 5.82 Å². The number of hydrogen-bond acceptors (Lipinski definition) is 1. The maximum atomic E-state index is 6.02. The third-order valence-electron chi connectivity index (χ3n) is 3.87. The minimum absolute atomic E-state index is 0.737. The van der Waals surface area contributed by atoms with Crippen molar-refractivity contribution in [3.63, 3.8) is 0 Å². The van der Waals surface area contributed by atoms with E-state index >= 15 is 0 Å². The number of benzene rings is 2. The SMILES string of the molecule is Clc1ccc(C2=Nc3cccc[n+]3Cc3ccccc32)cc1. The first-order valence-electron chi connectivity index (χ1n) is 7.23. The Labute approximate surface area is 134 Å². The molecule has 1 aliphatic rings. The molecule has 0 saturated carbocycles. The lowest BCUT2D eigenvalue weighted by molar-refractivity contribution is -0.675. The Balaban J connectivity index is 1.98. The molecule has 0 amide bonds. The monoisotopic (exact) mass is 305 g/mol. The molecule has 1 aromatic heterocycles. The number of halogens is 1. The minimum atomic E-state index is 0.737. The van der Waals surface area contributed by atoms with Crippen LogP contribution in [0.3, 0.4) is 0 Å². The van der Waals surface area contributed by atoms with Gasteiger partial charge in [0.05, 0.1) is 6.20 Å². The van der Waals surface area contributed by atoms with Crippen molar-refractivity contribution >= 4 is 23.1 Å². The van der Waals surface area contributed by atoms with E-state index in [9.17, 15) is 0 Å². The number of aliphatic imine (C=N–C) groups is 1. The zero-order valence-electron chi connectivity index (χ0n) is 11.9. The molecule has 0 saturated heterocycles. The predicted octanol–water partition coefficient (Wildman–Crippen LogP) is 4.16. The van der Waals surface area contributed by atoms with Gasteiger partial charge in [0.2, 0.25) is 0 Å². The summed E-state index contributed by atoms with van der Waals surface area (Å²) in [7, 11) is 0. The molecule has 0 spiro atoms. The lowest BCUT2D eigenvalue weighted by Crippen LogP contribution is -2.33. The Morgan fingerprint density at radius 3 is 2.50 bits per heavy atom. The first-order chi connectivity index (χ1) is 10.8. The number of hydrogen-bond donors (Lipinski definition) is 0. The summed E-state index contributed by atoms with van der Waals surface area (Å²) in [4.78, 5) is 4.92. The molecule has 2 nitrogen and oxygen atoms in total. The van der Waals surface area contributed by atoms with Crippen molar-refractivity contribution < 1.29 is 4.57 Å². The molecule has 0 bridgehead atoms. The molecular weight excluding hydrogens is 292 g/mol. The van der Waals surface area contributed by atoms with E-state index in [0.717, 1.165) is 28.7 Å². The summed E-state index contributed by atoms with van der Waals surface area (Å²) in [6.07, 6.45) is 2.07. The van der Waals surface area contributed by atoms with Crippen LogP contribution in [0.15, 0.2) is 77.9 Å². The Morgan fingerprint density at radius 1 is 0.864 bits per heavy atom. The Morgan fingerprint density at radius 2 is 1.64 bits per heavy atom. The molecule has 0 radical (unpaired) electrons. The fourth-order valence-electron chi connectivity index (χ4n) is 2.78. The van der Waals surface area contributed by atoms with Gasteiger partial charge in [-0.15, -0.1) is 0 Å². The van der Waals surface area contributed by atoms with Crippen molar-refractivity contribution in [1.82, 2.24) is 0 Å². The van der Waals surface area contributed by atoms with Crippen LogP contribution in [0.25, 0.3) is 0 Å². The van der Waals surface area contributed by atoms with Crippen LogP contribution in [-0.2, 0) is 6.54 Å². The van der Waals surface area contributed by atoms with E-state index in [1.807, 2.05) is 42.5 Å². The molecule has 2 aromatic carbocycles. The lowest BCUT2D eigenvalue weighted by atomic mass is 9.97. The maximum Gasteiger partial charge on any atom is 0.323 e. The molecule has 0 N–H and O–H groups in total.